The Hall–Kier alpha value is -0.640. The molecule has 1 N–H and O–H groups in total. The minimum atomic E-state index is -0.232. The number of likely N-dealkylation sites (N-methyl/N-ethyl adjacent to an activating group) is 1. The Bertz CT molecular complexity index is 393. The highest BCUT2D eigenvalue weighted by atomic mass is 35.5. The highest BCUT2D eigenvalue weighted by molar-refractivity contribution is 6.31. The molecule has 0 spiro atoms. The van der Waals surface area contributed by atoms with Gasteiger partial charge in [-0.1, -0.05) is 18.5 Å². The average Bonchev–Trinajstić information content (AvgIpc) is 3.18. The third kappa shape index (κ3) is 3.94. The van der Waals surface area contributed by atoms with Gasteiger partial charge in [0.15, 0.2) is 0 Å². The Morgan fingerprint density at radius 1 is 1.44 bits per heavy atom. The van der Waals surface area contributed by atoms with E-state index in [0.29, 0.717) is 11.6 Å². The number of nitrogens with one attached hydrogen (secondary N) is 1. The molecule has 0 bridgehead atoms. The van der Waals surface area contributed by atoms with Gasteiger partial charge in [-0.3, -0.25) is 4.90 Å². The van der Waals surface area contributed by atoms with E-state index in [0.717, 1.165) is 31.2 Å². The summed E-state index contributed by atoms with van der Waals surface area (Å²) in [6.07, 6.45) is 2.67. The van der Waals surface area contributed by atoms with Gasteiger partial charge in [0.1, 0.15) is 5.82 Å². The Balaban J connectivity index is 1.72. The molecule has 0 aliphatic heterocycles. The van der Waals surface area contributed by atoms with Crippen LogP contribution in [0.3, 0.4) is 0 Å². The van der Waals surface area contributed by atoms with Crippen molar-refractivity contribution < 1.29 is 4.39 Å². The summed E-state index contributed by atoms with van der Waals surface area (Å²) in [5.74, 6) is -0.232. The van der Waals surface area contributed by atoms with Crippen molar-refractivity contribution in [1.82, 2.24) is 10.2 Å². The summed E-state index contributed by atoms with van der Waals surface area (Å²) in [7, 11) is 0. The van der Waals surface area contributed by atoms with Crippen molar-refractivity contribution >= 4 is 11.6 Å². The van der Waals surface area contributed by atoms with Gasteiger partial charge in [-0.2, -0.15) is 0 Å². The summed E-state index contributed by atoms with van der Waals surface area (Å²) in [4.78, 5) is 2.49. The second-order valence-corrected chi connectivity index (χ2v) is 5.18. The van der Waals surface area contributed by atoms with Gasteiger partial charge in [0.2, 0.25) is 0 Å². The second kappa shape index (κ2) is 6.50. The summed E-state index contributed by atoms with van der Waals surface area (Å²) >= 11 is 6.01. The molecule has 0 amide bonds. The molecule has 4 heteroatoms. The molecule has 1 aliphatic carbocycles. The van der Waals surface area contributed by atoms with Crippen LogP contribution in [0.2, 0.25) is 5.02 Å². The predicted molar refractivity (Wildman–Crippen MR) is 73.4 cm³/mol. The van der Waals surface area contributed by atoms with Crippen molar-refractivity contribution in [2.24, 2.45) is 0 Å². The third-order valence-electron chi connectivity index (χ3n) is 3.37. The molecule has 0 radical (unpaired) electrons. The smallest absolute Gasteiger partial charge is 0.123 e. The Kier molecular flexibility index (Phi) is 4.98. The molecular formula is C14H20ClFN2. The number of halogens is 2. The van der Waals surface area contributed by atoms with Gasteiger partial charge < -0.3 is 5.32 Å². The van der Waals surface area contributed by atoms with Gasteiger partial charge in [-0.15, -0.1) is 0 Å². The molecule has 1 aliphatic rings. The first kappa shape index (κ1) is 13.8. The number of rotatable bonds is 7. The number of benzene rings is 1. The Morgan fingerprint density at radius 3 is 2.89 bits per heavy atom. The zero-order valence-electron chi connectivity index (χ0n) is 10.8. The van der Waals surface area contributed by atoms with Crippen LogP contribution < -0.4 is 5.32 Å². The molecule has 1 fully saturated rings. The monoisotopic (exact) mass is 270 g/mol. The van der Waals surface area contributed by atoms with E-state index in [2.05, 4.69) is 17.1 Å². The average molecular weight is 271 g/mol. The summed E-state index contributed by atoms with van der Waals surface area (Å²) < 4.78 is 13.1. The molecule has 2 rings (SSSR count). The molecule has 1 aromatic carbocycles. The lowest BCUT2D eigenvalue weighted by atomic mass is 10.2. The van der Waals surface area contributed by atoms with Crippen molar-refractivity contribution in [1.29, 1.82) is 0 Å². The van der Waals surface area contributed by atoms with Crippen molar-refractivity contribution in [2.75, 3.05) is 19.6 Å². The lowest BCUT2D eigenvalue weighted by molar-refractivity contribution is 0.277. The van der Waals surface area contributed by atoms with Crippen molar-refractivity contribution in [2.45, 2.75) is 32.4 Å². The van der Waals surface area contributed by atoms with E-state index >= 15 is 0 Å². The minimum Gasteiger partial charge on any atom is -0.311 e. The van der Waals surface area contributed by atoms with Gasteiger partial charge in [0.05, 0.1) is 0 Å². The predicted octanol–water partition coefficient (Wildman–Crippen LogP) is 3.05. The van der Waals surface area contributed by atoms with E-state index in [9.17, 15) is 4.39 Å². The fourth-order valence-corrected chi connectivity index (χ4v) is 2.35. The molecule has 100 valence electrons. The van der Waals surface area contributed by atoms with Crippen LogP contribution >= 0.6 is 11.6 Å². The fraction of sp³-hybridized carbons (Fsp3) is 0.571. The maximum Gasteiger partial charge on any atom is 0.123 e. The molecule has 0 atom stereocenters. The van der Waals surface area contributed by atoms with Crippen LogP contribution in [0, 0.1) is 5.82 Å². The summed E-state index contributed by atoms with van der Waals surface area (Å²) in [5, 5.41) is 3.95. The maximum atomic E-state index is 13.1. The highest BCUT2D eigenvalue weighted by Crippen LogP contribution is 2.25. The summed E-state index contributed by atoms with van der Waals surface area (Å²) in [6.45, 7) is 5.89. The first-order valence-corrected chi connectivity index (χ1v) is 6.97. The van der Waals surface area contributed by atoms with Gasteiger partial charge in [-0.05, 0) is 43.1 Å². The SMILES string of the molecule is CCN(CCNCc1cc(F)ccc1Cl)C1CC1. The van der Waals surface area contributed by atoms with E-state index in [1.165, 1.54) is 25.0 Å². The third-order valence-corrected chi connectivity index (χ3v) is 3.74. The lowest BCUT2D eigenvalue weighted by Gasteiger charge is -2.19. The summed E-state index contributed by atoms with van der Waals surface area (Å²) in [5.41, 5.74) is 0.825. The van der Waals surface area contributed by atoms with Crippen LogP contribution in [0.15, 0.2) is 18.2 Å². The zero-order valence-corrected chi connectivity index (χ0v) is 11.5. The van der Waals surface area contributed by atoms with Crippen LogP contribution in [-0.2, 0) is 6.54 Å². The number of hydrogen-bond donors (Lipinski definition) is 1. The maximum absolute atomic E-state index is 13.1. The van der Waals surface area contributed by atoms with Gasteiger partial charge >= 0.3 is 0 Å². The van der Waals surface area contributed by atoms with Crippen LogP contribution in [0.1, 0.15) is 25.3 Å². The molecule has 0 unspecified atom stereocenters. The normalized spacial score (nSPS) is 15.3. The van der Waals surface area contributed by atoms with Gasteiger partial charge in [-0.25, -0.2) is 4.39 Å². The zero-order chi connectivity index (χ0) is 13.0. The van der Waals surface area contributed by atoms with Gasteiger partial charge in [0.25, 0.3) is 0 Å². The first-order valence-electron chi connectivity index (χ1n) is 6.59. The van der Waals surface area contributed by atoms with E-state index in [4.69, 9.17) is 11.6 Å². The number of hydrogen-bond acceptors (Lipinski definition) is 2. The van der Waals surface area contributed by atoms with Crippen molar-refractivity contribution in [3.63, 3.8) is 0 Å². The van der Waals surface area contributed by atoms with E-state index in [-0.39, 0.29) is 5.82 Å². The molecule has 0 aromatic heterocycles. The molecule has 0 saturated heterocycles. The van der Waals surface area contributed by atoms with Crippen LogP contribution in [0.4, 0.5) is 4.39 Å². The Morgan fingerprint density at radius 2 is 2.22 bits per heavy atom. The molecule has 18 heavy (non-hydrogen) atoms. The first-order chi connectivity index (χ1) is 8.70. The summed E-state index contributed by atoms with van der Waals surface area (Å²) in [6, 6.07) is 5.29. The molecule has 1 saturated carbocycles. The van der Waals surface area contributed by atoms with Crippen LogP contribution in [-0.4, -0.2) is 30.6 Å². The molecule has 2 nitrogen and oxygen atoms in total. The van der Waals surface area contributed by atoms with Crippen LogP contribution in [0.25, 0.3) is 0 Å². The topological polar surface area (TPSA) is 15.3 Å². The quantitative estimate of drug-likeness (QED) is 0.766. The van der Waals surface area contributed by atoms with Gasteiger partial charge in [0, 0.05) is 30.7 Å². The highest BCUT2D eigenvalue weighted by Gasteiger charge is 2.26. The molecular weight excluding hydrogens is 251 g/mol. The fourth-order valence-electron chi connectivity index (χ4n) is 2.16. The van der Waals surface area contributed by atoms with Crippen LogP contribution in [0.5, 0.6) is 0 Å². The Labute approximate surface area is 113 Å². The minimum absolute atomic E-state index is 0.232. The number of nitrogens with zero attached hydrogens (tertiary/aromatic N) is 1. The second-order valence-electron chi connectivity index (χ2n) is 4.77. The molecule has 1 aromatic rings. The standard InChI is InChI=1S/C14H20ClFN2/c1-2-18(13-4-5-13)8-7-17-10-11-9-12(16)3-6-14(11)15/h3,6,9,13,17H,2,4-5,7-8,10H2,1H3. The largest absolute Gasteiger partial charge is 0.311 e. The van der Waals surface area contributed by atoms with E-state index < -0.39 is 0 Å². The van der Waals surface area contributed by atoms with Crippen molar-refractivity contribution in [3.8, 4) is 0 Å². The lowest BCUT2D eigenvalue weighted by Crippen LogP contribution is -2.33. The van der Waals surface area contributed by atoms with E-state index in [1.54, 1.807) is 6.07 Å². The molecule has 0 heterocycles. The van der Waals surface area contributed by atoms with E-state index in [1.807, 2.05) is 0 Å². The van der Waals surface area contributed by atoms with Crippen molar-refractivity contribution in [3.05, 3.63) is 34.6 Å².